The molecule has 2 unspecified atom stereocenters. The summed E-state index contributed by atoms with van der Waals surface area (Å²) < 4.78 is 98.5. The van der Waals surface area contributed by atoms with Gasteiger partial charge < -0.3 is 24.3 Å². The van der Waals surface area contributed by atoms with Crippen molar-refractivity contribution in [1.82, 2.24) is 10.2 Å². The third-order valence-corrected chi connectivity index (χ3v) is 9.41. The highest BCUT2D eigenvalue weighted by molar-refractivity contribution is 9.09. The van der Waals surface area contributed by atoms with Gasteiger partial charge in [0.25, 0.3) is 0 Å². The maximum absolute atomic E-state index is 13.0. The van der Waals surface area contributed by atoms with Crippen LogP contribution in [-0.2, 0) is 12.4 Å². The minimum Gasteiger partial charge on any atom is -0.492 e. The Bertz CT molecular complexity index is 1760. The molecule has 15 heteroatoms. The lowest BCUT2D eigenvalue weighted by Crippen LogP contribution is -2.37. The van der Waals surface area contributed by atoms with Crippen molar-refractivity contribution in [1.29, 1.82) is 0 Å². The molecule has 2 atom stereocenters. The van der Waals surface area contributed by atoms with Crippen LogP contribution < -0.4 is 24.3 Å². The maximum atomic E-state index is 13.0. The molecule has 4 aromatic carbocycles. The first-order chi connectivity index (χ1) is 26.0. The smallest absolute Gasteiger partial charge is 0.419 e. The van der Waals surface area contributed by atoms with Crippen LogP contribution in [0.15, 0.2) is 97.1 Å². The minimum atomic E-state index is -4.42. The molecule has 55 heavy (non-hydrogen) atoms. The van der Waals surface area contributed by atoms with Crippen molar-refractivity contribution < 1.29 is 45.3 Å². The number of likely N-dealkylation sites (tertiary alicyclic amines) is 1. The summed E-state index contributed by atoms with van der Waals surface area (Å²) in [6, 6.07) is 25.2. The fraction of sp³-hybridized carbons (Fsp3) is 0.400. The van der Waals surface area contributed by atoms with Crippen LogP contribution in [0.3, 0.4) is 0 Å². The minimum absolute atomic E-state index is 0.0617. The van der Waals surface area contributed by atoms with Crippen LogP contribution in [0.2, 0.25) is 10.0 Å². The van der Waals surface area contributed by atoms with E-state index in [1.165, 1.54) is 36.4 Å². The van der Waals surface area contributed by atoms with Gasteiger partial charge in [-0.3, -0.25) is 4.90 Å². The van der Waals surface area contributed by atoms with Gasteiger partial charge in [0.2, 0.25) is 0 Å². The average Bonchev–Trinajstić information content (AvgIpc) is 3.74. The molecule has 2 aliphatic heterocycles. The molecule has 0 saturated carbocycles. The van der Waals surface area contributed by atoms with Crippen molar-refractivity contribution in [2.75, 3.05) is 51.3 Å². The molecule has 4 aromatic rings. The van der Waals surface area contributed by atoms with Crippen molar-refractivity contribution in [3.8, 4) is 23.0 Å². The van der Waals surface area contributed by atoms with Crippen LogP contribution in [0.4, 0.5) is 26.3 Å². The molecule has 6 nitrogen and oxygen atoms in total. The van der Waals surface area contributed by atoms with Crippen LogP contribution in [0.1, 0.15) is 37.8 Å². The summed E-state index contributed by atoms with van der Waals surface area (Å²) in [6.45, 7) is 8.51. The molecule has 2 aliphatic rings. The summed E-state index contributed by atoms with van der Waals surface area (Å²) in [5.41, 5.74) is -1.89. The molecule has 2 heterocycles. The highest BCUT2D eigenvalue weighted by Gasteiger charge is 2.37. The quantitative estimate of drug-likeness (QED) is 0.120. The van der Waals surface area contributed by atoms with E-state index >= 15 is 0 Å². The van der Waals surface area contributed by atoms with Crippen molar-refractivity contribution in [3.63, 3.8) is 0 Å². The number of halogens is 9. The molecule has 0 amide bonds. The van der Waals surface area contributed by atoms with E-state index in [0.29, 0.717) is 23.4 Å². The number of nitrogens with zero attached hydrogens (tertiary/aromatic N) is 1. The number of hydrogen-bond acceptors (Lipinski definition) is 6. The van der Waals surface area contributed by atoms with Crippen LogP contribution in [0.5, 0.6) is 23.0 Å². The molecule has 1 N–H and O–H groups in total. The number of benzene rings is 4. The van der Waals surface area contributed by atoms with Gasteiger partial charge in [0.15, 0.2) is 0 Å². The van der Waals surface area contributed by atoms with E-state index in [4.69, 9.17) is 42.1 Å². The normalized spacial score (nSPS) is 19.8. The van der Waals surface area contributed by atoms with Crippen LogP contribution in [-0.4, -0.2) is 67.4 Å². The molecule has 0 bridgehead atoms. The molecule has 0 radical (unpaired) electrons. The van der Waals surface area contributed by atoms with Crippen molar-refractivity contribution in [3.05, 3.63) is 118 Å². The Hall–Kier alpha value is -3.36. The molecule has 2 fully saturated rings. The van der Waals surface area contributed by atoms with Gasteiger partial charge in [0, 0.05) is 54.4 Å². The zero-order chi connectivity index (χ0) is 40.1. The summed E-state index contributed by atoms with van der Waals surface area (Å²) in [4.78, 5) is 2.13. The number of hydrogen-bond donors (Lipinski definition) is 1. The lowest BCUT2D eigenvalue weighted by atomic mass is 10.1. The van der Waals surface area contributed by atoms with E-state index in [9.17, 15) is 26.3 Å². The van der Waals surface area contributed by atoms with Crippen molar-refractivity contribution in [2.45, 2.75) is 50.2 Å². The van der Waals surface area contributed by atoms with Crippen LogP contribution in [0.25, 0.3) is 0 Å². The molecule has 6 rings (SSSR count). The summed E-state index contributed by atoms with van der Waals surface area (Å²) >= 11 is 14.8. The second kappa shape index (κ2) is 20.2. The summed E-state index contributed by atoms with van der Waals surface area (Å²) in [7, 11) is 0. The van der Waals surface area contributed by atoms with Gasteiger partial charge in [-0.05, 0) is 93.2 Å². The van der Waals surface area contributed by atoms with Gasteiger partial charge >= 0.3 is 12.4 Å². The van der Waals surface area contributed by atoms with E-state index in [2.05, 4.69) is 33.1 Å². The fourth-order valence-corrected chi connectivity index (χ4v) is 6.26. The fourth-order valence-electron chi connectivity index (χ4n) is 5.84. The third kappa shape index (κ3) is 14.6. The lowest BCUT2D eigenvalue weighted by Gasteiger charge is -2.26. The number of ether oxygens (including phenoxy) is 4. The van der Waals surface area contributed by atoms with Gasteiger partial charge in [0.1, 0.15) is 40.8 Å². The Morgan fingerprint density at radius 1 is 0.673 bits per heavy atom. The Balaban J connectivity index is 0.000000202. The van der Waals surface area contributed by atoms with Crippen molar-refractivity contribution in [2.24, 2.45) is 0 Å². The van der Waals surface area contributed by atoms with Gasteiger partial charge in [-0.2, -0.15) is 26.3 Å². The molecule has 0 spiro atoms. The van der Waals surface area contributed by atoms with Crippen LogP contribution >= 0.6 is 39.1 Å². The number of nitrogens with one attached hydrogen (secondary N) is 1. The molecule has 0 aromatic heterocycles. The topological polar surface area (TPSA) is 52.2 Å². The SMILES string of the molecule is CC1(Oc2ccc(Cl)cc2)CCN(CCOc2ccccc2C(F)(F)F)C1.CC1(Oc2ccc(Cl)cc2)CCNC1.FC(F)(F)c1ccccc1OCCBr. The van der Waals surface area contributed by atoms with Crippen LogP contribution in [0, 0.1) is 0 Å². The first kappa shape index (κ1) is 44.4. The first-order valence-corrected chi connectivity index (χ1v) is 19.3. The summed E-state index contributed by atoms with van der Waals surface area (Å²) in [5, 5.41) is 5.19. The van der Waals surface area contributed by atoms with E-state index in [0.717, 1.165) is 61.1 Å². The second-order valence-corrected chi connectivity index (χ2v) is 15.0. The molecular weight excluding hydrogens is 837 g/mol. The predicted octanol–water partition coefficient (Wildman–Crippen LogP) is 11.2. The Labute approximate surface area is 336 Å². The zero-order valence-electron chi connectivity index (χ0n) is 30.3. The first-order valence-electron chi connectivity index (χ1n) is 17.4. The highest BCUT2D eigenvalue weighted by Crippen LogP contribution is 2.37. The molecule has 0 aliphatic carbocycles. The molecular formula is C40H43BrCl2F6N2O4. The van der Waals surface area contributed by atoms with E-state index in [1.807, 2.05) is 43.3 Å². The summed E-state index contributed by atoms with van der Waals surface area (Å²) in [6.07, 6.45) is -6.90. The number of alkyl halides is 7. The van der Waals surface area contributed by atoms with Crippen molar-refractivity contribution >= 4 is 39.1 Å². The van der Waals surface area contributed by atoms with E-state index < -0.39 is 23.5 Å². The second-order valence-electron chi connectivity index (χ2n) is 13.3. The predicted molar refractivity (Wildman–Crippen MR) is 207 cm³/mol. The number of para-hydroxylation sites is 2. The average molecular weight is 881 g/mol. The number of rotatable bonds is 11. The standard InChI is InChI=1S/C20H21ClF3NO2.C11H14ClNO.C9H8BrF3O/c1-19(27-16-8-6-15(21)7-9-16)10-11-25(14-19)12-13-26-18-5-3-2-4-17(18)20(22,23)24;1-11(6-7-13-8-11)14-10-4-2-9(12)3-5-10;10-5-6-14-8-4-2-1-3-7(8)9(11,12)13/h2-9H,10-14H2,1H3;2-5,13H,6-8H2,1H3;1-4H,5-6H2. The molecule has 2 saturated heterocycles. The monoisotopic (exact) mass is 878 g/mol. The highest BCUT2D eigenvalue weighted by atomic mass is 79.9. The largest absolute Gasteiger partial charge is 0.492 e. The Morgan fingerprint density at radius 2 is 1.15 bits per heavy atom. The zero-order valence-corrected chi connectivity index (χ0v) is 33.4. The molecule has 300 valence electrons. The van der Waals surface area contributed by atoms with Gasteiger partial charge in [-0.1, -0.05) is 63.4 Å². The third-order valence-electron chi connectivity index (χ3n) is 8.58. The maximum Gasteiger partial charge on any atom is 0.419 e. The van der Waals surface area contributed by atoms with E-state index in [1.54, 1.807) is 12.1 Å². The Kier molecular flexibility index (Phi) is 16.3. The van der Waals surface area contributed by atoms with Gasteiger partial charge in [-0.25, -0.2) is 0 Å². The van der Waals surface area contributed by atoms with Gasteiger partial charge in [0.05, 0.1) is 17.7 Å². The van der Waals surface area contributed by atoms with E-state index in [-0.39, 0.29) is 35.9 Å². The lowest BCUT2D eigenvalue weighted by molar-refractivity contribution is -0.139. The Morgan fingerprint density at radius 3 is 1.60 bits per heavy atom. The summed E-state index contributed by atoms with van der Waals surface area (Å²) in [5.74, 6) is 1.38. The van der Waals surface area contributed by atoms with Gasteiger partial charge in [-0.15, -0.1) is 0 Å².